The third-order valence-electron chi connectivity index (χ3n) is 8.72. The van der Waals surface area contributed by atoms with E-state index in [1.165, 1.54) is 0 Å². The van der Waals surface area contributed by atoms with Gasteiger partial charge < -0.3 is 0 Å². The van der Waals surface area contributed by atoms with Crippen molar-refractivity contribution < 1.29 is 13.2 Å². The molecular formula is C42H19F3N6. The number of hydrogen-bond acceptors (Lipinski definition) is 3. The number of aromatic nitrogens is 3. The van der Waals surface area contributed by atoms with Gasteiger partial charge in [-0.2, -0.15) is 0 Å². The Morgan fingerprint density at radius 1 is 0.451 bits per heavy atom. The highest BCUT2D eigenvalue weighted by Crippen LogP contribution is 2.44. The van der Waals surface area contributed by atoms with Gasteiger partial charge in [-0.15, -0.1) is 0 Å². The number of nitrogens with zero attached hydrogens (tertiary/aromatic N) is 6. The maximum atomic E-state index is 14.1. The van der Waals surface area contributed by atoms with Crippen molar-refractivity contribution in [3.8, 4) is 44.9 Å². The normalized spacial score (nSPS) is 11.0. The summed E-state index contributed by atoms with van der Waals surface area (Å²) in [5.41, 5.74) is 7.16. The van der Waals surface area contributed by atoms with Crippen LogP contribution in [0.3, 0.4) is 0 Å². The number of fused-ring (bicyclic) bond motifs is 5. The van der Waals surface area contributed by atoms with Crippen molar-refractivity contribution in [2.45, 2.75) is 0 Å². The molecule has 0 atom stereocenters. The van der Waals surface area contributed by atoms with Crippen molar-refractivity contribution >= 4 is 49.8 Å². The molecule has 0 aliphatic heterocycles. The minimum atomic E-state index is -1.53. The molecule has 0 amide bonds. The van der Waals surface area contributed by atoms with Crippen LogP contribution in [0.5, 0.6) is 0 Å². The average molecular weight is 665 g/mol. The monoisotopic (exact) mass is 664 g/mol. The molecule has 2 heterocycles. The summed E-state index contributed by atoms with van der Waals surface area (Å²) in [6, 6.07) is 32.0. The van der Waals surface area contributed by atoms with Crippen LogP contribution < -0.4 is 0 Å². The SMILES string of the molecule is [C-]#[N+]c1ccc(-c2nc3cc([N+]#[C-])c4c5ccccc5nc(-c5ccc(-c6cc(F)c(F)c(F)c6)cc5)c4c3nc2-c2ccc([N+]#[C-])cc2)cc1. The van der Waals surface area contributed by atoms with Crippen LogP contribution in [0.1, 0.15) is 0 Å². The van der Waals surface area contributed by atoms with Crippen molar-refractivity contribution in [1.82, 2.24) is 15.0 Å². The summed E-state index contributed by atoms with van der Waals surface area (Å²) < 4.78 is 41.9. The molecule has 0 saturated carbocycles. The maximum Gasteiger partial charge on any atom is 0.197 e. The molecule has 0 fully saturated rings. The van der Waals surface area contributed by atoms with Crippen LogP contribution in [0.25, 0.3) is 92.1 Å². The van der Waals surface area contributed by atoms with Gasteiger partial charge in [-0.1, -0.05) is 91.0 Å². The Kier molecular flexibility index (Phi) is 7.41. The highest BCUT2D eigenvalue weighted by atomic mass is 19.2. The lowest BCUT2D eigenvalue weighted by molar-refractivity contribution is 0.448. The fourth-order valence-electron chi connectivity index (χ4n) is 6.27. The number of benzene rings is 6. The molecule has 6 aromatic carbocycles. The highest BCUT2D eigenvalue weighted by Gasteiger charge is 2.22. The molecule has 0 radical (unpaired) electrons. The fourth-order valence-corrected chi connectivity index (χ4v) is 6.27. The summed E-state index contributed by atoms with van der Waals surface area (Å²) in [5.74, 6) is -4.10. The largest absolute Gasteiger partial charge is 0.247 e. The van der Waals surface area contributed by atoms with Gasteiger partial charge in [0.05, 0.1) is 53.3 Å². The van der Waals surface area contributed by atoms with Crippen LogP contribution in [-0.2, 0) is 0 Å². The summed E-state index contributed by atoms with van der Waals surface area (Å²) in [6.45, 7) is 23.0. The highest BCUT2D eigenvalue weighted by molar-refractivity contribution is 6.24. The van der Waals surface area contributed by atoms with E-state index in [1.54, 1.807) is 66.7 Å². The molecule has 0 spiro atoms. The predicted octanol–water partition coefficient (Wildman–Crippen LogP) is 12.1. The minimum Gasteiger partial charge on any atom is -0.247 e. The Morgan fingerprint density at radius 3 is 1.55 bits per heavy atom. The van der Waals surface area contributed by atoms with E-state index in [2.05, 4.69) is 14.5 Å². The average Bonchev–Trinajstić information content (AvgIpc) is 3.18. The van der Waals surface area contributed by atoms with Crippen LogP contribution in [0, 0.1) is 37.2 Å². The maximum absolute atomic E-state index is 14.1. The summed E-state index contributed by atoms with van der Waals surface area (Å²) in [6.07, 6.45) is 0. The summed E-state index contributed by atoms with van der Waals surface area (Å²) in [7, 11) is 0. The number of pyridine rings is 1. The Labute approximate surface area is 289 Å². The third kappa shape index (κ3) is 5.25. The van der Waals surface area contributed by atoms with Crippen LogP contribution in [0.15, 0.2) is 115 Å². The Balaban J connectivity index is 1.45. The Hall–Kier alpha value is -7.41. The second kappa shape index (κ2) is 12.2. The van der Waals surface area contributed by atoms with Gasteiger partial charge in [0.25, 0.3) is 0 Å². The van der Waals surface area contributed by atoms with Crippen molar-refractivity contribution in [1.29, 1.82) is 0 Å². The van der Waals surface area contributed by atoms with Gasteiger partial charge in [-0.05, 0) is 51.9 Å². The quantitative estimate of drug-likeness (QED) is 0.107. The number of para-hydroxylation sites is 1. The first-order chi connectivity index (χ1) is 24.9. The zero-order chi connectivity index (χ0) is 35.2. The molecule has 0 aliphatic rings. The predicted molar refractivity (Wildman–Crippen MR) is 193 cm³/mol. The summed E-state index contributed by atoms with van der Waals surface area (Å²) in [5, 5.41) is 1.98. The third-order valence-corrected chi connectivity index (χ3v) is 8.72. The summed E-state index contributed by atoms with van der Waals surface area (Å²) >= 11 is 0. The topological polar surface area (TPSA) is 51.8 Å². The van der Waals surface area contributed by atoms with Crippen molar-refractivity contribution in [2.24, 2.45) is 0 Å². The molecule has 0 N–H and O–H groups in total. The lowest BCUT2D eigenvalue weighted by atomic mass is 9.95. The molecule has 238 valence electrons. The van der Waals surface area contributed by atoms with Crippen molar-refractivity contribution in [3.05, 3.63) is 167 Å². The number of rotatable bonds is 4. The second-order valence-electron chi connectivity index (χ2n) is 11.7. The molecule has 0 saturated heterocycles. The molecule has 0 aliphatic carbocycles. The van der Waals surface area contributed by atoms with Crippen LogP contribution in [-0.4, -0.2) is 15.0 Å². The van der Waals surface area contributed by atoms with Crippen LogP contribution in [0.2, 0.25) is 0 Å². The first-order valence-corrected chi connectivity index (χ1v) is 15.5. The molecule has 8 rings (SSSR count). The van der Waals surface area contributed by atoms with E-state index in [0.717, 1.165) is 17.5 Å². The van der Waals surface area contributed by atoms with E-state index in [9.17, 15) is 13.2 Å². The van der Waals surface area contributed by atoms with E-state index >= 15 is 0 Å². The number of halogens is 3. The Bertz CT molecular complexity index is 2820. The standard InChI is InChI=1S/C42H19F3N6/c1-46-28-16-12-25(13-17-28)40-41(26-14-18-29(47-2)19-15-26)51-42-35(50-40)22-34(48-3)36-30-6-4-5-7-33(30)49-39(37(36)42)24-10-8-23(9-11-24)27-20-31(43)38(45)32(44)21-27/h4-22H. The van der Waals surface area contributed by atoms with E-state index in [4.69, 9.17) is 34.7 Å². The van der Waals surface area contributed by atoms with E-state index < -0.39 is 17.5 Å². The Morgan fingerprint density at radius 2 is 0.961 bits per heavy atom. The molecule has 6 nitrogen and oxygen atoms in total. The van der Waals surface area contributed by atoms with Gasteiger partial charge in [-0.25, -0.2) is 42.7 Å². The van der Waals surface area contributed by atoms with Crippen LogP contribution in [0.4, 0.5) is 30.2 Å². The van der Waals surface area contributed by atoms with Gasteiger partial charge in [0, 0.05) is 16.3 Å². The lowest BCUT2D eigenvalue weighted by Crippen LogP contribution is -1.98. The van der Waals surface area contributed by atoms with Crippen LogP contribution >= 0.6 is 0 Å². The van der Waals surface area contributed by atoms with Gasteiger partial charge in [0.15, 0.2) is 34.5 Å². The minimum absolute atomic E-state index is 0.173. The van der Waals surface area contributed by atoms with E-state index in [-0.39, 0.29) is 5.56 Å². The first kappa shape index (κ1) is 30.9. The summed E-state index contributed by atoms with van der Waals surface area (Å²) in [4.78, 5) is 26.4. The smallest absolute Gasteiger partial charge is 0.197 e. The molecule has 8 aromatic rings. The zero-order valence-corrected chi connectivity index (χ0v) is 26.3. The van der Waals surface area contributed by atoms with Gasteiger partial charge in [0.1, 0.15) is 0 Å². The van der Waals surface area contributed by atoms with Gasteiger partial charge in [-0.3, -0.25) is 0 Å². The molecule has 9 heteroatoms. The van der Waals surface area contributed by atoms with Crippen molar-refractivity contribution in [3.63, 3.8) is 0 Å². The molecule has 2 aromatic heterocycles. The molecule has 51 heavy (non-hydrogen) atoms. The van der Waals surface area contributed by atoms with Gasteiger partial charge in [0.2, 0.25) is 0 Å². The molecule has 0 bridgehead atoms. The fraction of sp³-hybridized carbons (Fsp3) is 0. The van der Waals surface area contributed by atoms with E-state index in [0.29, 0.717) is 83.7 Å². The van der Waals surface area contributed by atoms with Crippen molar-refractivity contribution in [2.75, 3.05) is 0 Å². The zero-order valence-electron chi connectivity index (χ0n) is 26.3. The second-order valence-corrected chi connectivity index (χ2v) is 11.7. The molecule has 0 unspecified atom stereocenters. The number of hydrogen-bond donors (Lipinski definition) is 0. The first-order valence-electron chi connectivity index (χ1n) is 15.5. The molecular weight excluding hydrogens is 645 g/mol. The van der Waals surface area contributed by atoms with Gasteiger partial charge >= 0.3 is 0 Å². The van der Waals surface area contributed by atoms with E-state index in [1.807, 2.05) is 36.4 Å². The lowest BCUT2D eigenvalue weighted by Gasteiger charge is -2.16.